The van der Waals surface area contributed by atoms with Gasteiger partial charge in [-0.25, -0.2) is 4.68 Å². The van der Waals surface area contributed by atoms with Crippen molar-refractivity contribution in [1.29, 1.82) is 0 Å². The molecule has 11 heteroatoms. The van der Waals surface area contributed by atoms with E-state index in [1.807, 2.05) is 12.1 Å². The number of nitrogen functional groups attached to an aromatic ring is 1. The van der Waals surface area contributed by atoms with Crippen LogP contribution in [0.4, 0.5) is 5.69 Å². The Morgan fingerprint density at radius 2 is 2.20 bits per heavy atom. The Morgan fingerprint density at radius 3 is 3.04 bits per heavy atom. The van der Waals surface area contributed by atoms with Crippen LogP contribution in [0.25, 0.3) is 22.6 Å². The van der Waals surface area contributed by atoms with Gasteiger partial charge in [-0.2, -0.15) is 8.75 Å². The molecule has 9 nitrogen and oxygen atoms in total. The summed E-state index contributed by atoms with van der Waals surface area (Å²) in [5.74, 6) is 6.78. The van der Waals surface area contributed by atoms with E-state index in [4.69, 9.17) is 10.3 Å². The first-order valence-corrected chi connectivity index (χ1v) is 8.82. The first-order valence-electron chi connectivity index (χ1n) is 7.10. The largest absolute Gasteiger partial charge is 0.461 e. The predicted molar refractivity (Wildman–Crippen MR) is 94.6 cm³/mol. The van der Waals surface area contributed by atoms with E-state index in [9.17, 15) is 4.79 Å². The molecule has 0 atom stereocenters. The first-order chi connectivity index (χ1) is 12.2. The number of aromatic nitrogens is 5. The number of rotatable bonds is 5. The summed E-state index contributed by atoms with van der Waals surface area (Å²) in [6.45, 7) is 0. The fraction of sp³-hybridized carbons (Fsp3) is 0.0714. The van der Waals surface area contributed by atoms with Crippen molar-refractivity contribution >= 4 is 46.1 Å². The average Bonchev–Trinajstić information content (AvgIpc) is 3.34. The minimum absolute atomic E-state index is 0.126. The first kappa shape index (κ1) is 15.6. The maximum atomic E-state index is 12.2. The Labute approximate surface area is 149 Å². The third kappa shape index (κ3) is 3.06. The topological polar surface area (TPSA) is 125 Å². The zero-order valence-corrected chi connectivity index (χ0v) is 14.3. The molecule has 1 amide bonds. The van der Waals surface area contributed by atoms with Gasteiger partial charge in [0, 0.05) is 0 Å². The molecule has 0 aliphatic heterocycles. The van der Waals surface area contributed by atoms with E-state index in [0.717, 1.165) is 17.2 Å². The molecule has 3 aromatic heterocycles. The second kappa shape index (κ2) is 6.53. The van der Waals surface area contributed by atoms with Gasteiger partial charge in [0.2, 0.25) is 16.9 Å². The molecule has 4 rings (SSSR count). The number of nitrogens with one attached hydrogen (secondary N) is 1. The fourth-order valence-corrected chi connectivity index (χ4v) is 3.38. The Hall–Kier alpha value is -2.92. The van der Waals surface area contributed by atoms with E-state index in [2.05, 4.69) is 24.3 Å². The van der Waals surface area contributed by atoms with E-state index >= 15 is 0 Å². The van der Waals surface area contributed by atoms with Crippen LogP contribution < -0.4 is 11.2 Å². The fourth-order valence-electron chi connectivity index (χ4n) is 2.17. The summed E-state index contributed by atoms with van der Waals surface area (Å²) in [5, 5.41) is 11.2. The summed E-state index contributed by atoms with van der Waals surface area (Å²) in [4.78, 5) is 12.2. The Kier molecular flexibility index (Phi) is 4.07. The van der Waals surface area contributed by atoms with Crippen LogP contribution >= 0.6 is 23.5 Å². The van der Waals surface area contributed by atoms with Crippen LogP contribution in [0.15, 0.2) is 46.2 Å². The average molecular weight is 373 g/mol. The van der Waals surface area contributed by atoms with Gasteiger partial charge in [-0.3, -0.25) is 4.79 Å². The lowest BCUT2D eigenvalue weighted by molar-refractivity contribution is -0.113. The molecule has 126 valence electrons. The number of benzene rings is 1. The van der Waals surface area contributed by atoms with Crippen molar-refractivity contribution in [2.75, 3.05) is 16.9 Å². The van der Waals surface area contributed by atoms with Crippen molar-refractivity contribution in [1.82, 2.24) is 23.6 Å². The molecule has 0 aliphatic rings. The molecule has 0 unspecified atom stereocenters. The van der Waals surface area contributed by atoms with Crippen LogP contribution in [0.1, 0.15) is 0 Å². The molecule has 0 saturated heterocycles. The number of thioether (sulfide) groups is 1. The standard InChI is InChI=1S/C14H11N7O2S2/c15-21-13(10-5-2-6-23-10)17-18-14(21)24-7-11(22)16-8-3-1-4-9-12(8)20-25-19-9/h1-6H,7,15H2,(H,16,22). The number of hydrogen-bond donors (Lipinski definition) is 2. The summed E-state index contributed by atoms with van der Waals surface area (Å²) in [7, 11) is 0. The normalized spacial score (nSPS) is 11.0. The van der Waals surface area contributed by atoms with E-state index < -0.39 is 0 Å². The van der Waals surface area contributed by atoms with Crippen LogP contribution in [0.5, 0.6) is 0 Å². The minimum Gasteiger partial charge on any atom is -0.461 e. The number of nitrogens with two attached hydrogens (primary N) is 1. The lowest BCUT2D eigenvalue weighted by Crippen LogP contribution is -2.16. The third-order valence-corrected chi connectivity index (χ3v) is 4.78. The number of carbonyl (C=O) groups excluding carboxylic acids is 1. The van der Waals surface area contributed by atoms with Gasteiger partial charge in [0.05, 0.1) is 29.4 Å². The van der Waals surface area contributed by atoms with E-state index in [-0.39, 0.29) is 11.7 Å². The smallest absolute Gasteiger partial charge is 0.234 e. The van der Waals surface area contributed by atoms with Gasteiger partial charge in [-0.15, -0.1) is 10.2 Å². The Balaban J connectivity index is 1.43. The Morgan fingerprint density at radius 1 is 1.28 bits per heavy atom. The molecular weight excluding hydrogens is 362 g/mol. The van der Waals surface area contributed by atoms with E-state index in [1.165, 1.54) is 22.7 Å². The highest BCUT2D eigenvalue weighted by atomic mass is 32.2. The zero-order valence-electron chi connectivity index (χ0n) is 12.6. The number of carbonyl (C=O) groups is 1. The van der Waals surface area contributed by atoms with Crippen molar-refractivity contribution in [3.8, 4) is 11.6 Å². The number of anilines is 1. The highest BCUT2D eigenvalue weighted by Gasteiger charge is 2.16. The molecule has 0 spiro atoms. The molecule has 0 radical (unpaired) electrons. The van der Waals surface area contributed by atoms with Gasteiger partial charge >= 0.3 is 0 Å². The van der Waals surface area contributed by atoms with Crippen molar-refractivity contribution < 1.29 is 9.21 Å². The van der Waals surface area contributed by atoms with E-state index in [1.54, 1.807) is 18.2 Å². The Bertz CT molecular complexity index is 1030. The second-order valence-electron chi connectivity index (χ2n) is 4.93. The van der Waals surface area contributed by atoms with Crippen LogP contribution in [0.2, 0.25) is 0 Å². The number of nitrogens with zero attached hydrogens (tertiary/aromatic N) is 5. The van der Waals surface area contributed by atoms with Crippen molar-refractivity contribution in [2.24, 2.45) is 0 Å². The molecule has 3 N–H and O–H groups in total. The lowest BCUT2D eigenvalue weighted by Gasteiger charge is -2.05. The van der Waals surface area contributed by atoms with E-state index in [0.29, 0.717) is 27.9 Å². The molecule has 0 fully saturated rings. The van der Waals surface area contributed by atoms with Crippen molar-refractivity contribution in [3.05, 3.63) is 36.6 Å². The number of hydrogen-bond acceptors (Lipinski definition) is 9. The highest BCUT2D eigenvalue weighted by molar-refractivity contribution is 7.99. The zero-order chi connectivity index (χ0) is 17.2. The summed E-state index contributed by atoms with van der Waals surface area (Å²) in [6, 6.07) is 8.91. The summed E-state index contributed by atoms with van der Waals surface area (Å²) in [5.41, 5.74) is 2.05. The van der Waals surface area contributed by atoms with Gasteiger partial charge in [0.15, 0.2) is 5.76 Å². The molecule has 0 bridgehead atoms. The molecule has 0 aliphatic carbocycles. The van der Waals surface area contributed by atoms with Gasteiger partial charge < -0.3 is 15.6 Å². The summed E-state index contributed by atoms with van der Waals surface area (Å²) < 4.78 is 14.9. The van der Waals surface area contributed by atoms with Crippen LogP contribution in [0, 0.1) is 0 Å². The van der Waals surface area contributed by atoms with Crippen LogP contribution in [0.3, 0.4) is 0 Å². The quantitative estimate of drug-likeness (QED) is 0.402. The molecule has 4 aromatic rings. The van der Waals surface area contributed by atoms with Gasteiger partial charge in [0.1, 0.15) is 11.0 Å². The highest BCUT2D eigenvalue weighted by Crippen LogP contribution is 2.23. The predicted octanol–water partition coefficient (Wildman–Crippen LogP) is 1.99. The summed E-state index contributed by atoms with van der Waals surface area (Å²) in [6.07, 6.45) is 1.53. The number of furan rings is 1. The van der Waals surface area contributed by atoms with Gasteiger partial charge in [-0.05, 0) is 24.3 Å². The minimum atomic E-state index is -0.201. The lowest BCUT2D eigenvalue weighted by atomic mass is 10.2. The maximum Gasteiger partial charge on any atom is 0.234 e. The number of fused-ring (bicyclic) bond motifs is 1. The maximum absolute atomic E-state index is 12.2. The molecule has 1 aromatic carbocycles. The SMILES string of the molecule is Nn1c(SCC(=O)Nc2cccc3nsnc23)nnc1-c1ccco1. The van der Waals surface area contributed by atoms with Gasteiger partial charge in [-0.1, -0.05) is 17.8 Å². The van der Waals surface area contributed by atoms with Crippen molar-refractivity contribution in [3.63, 3.8) is 0 Å². The molecular formula is C14H11N7O2S2. The second-order valence-corrected chi connectivity index (χ2v) is 6.40. The van der Waals surface area contributed by atoms with Crippen LogP contribution in [-0.4, -0.2) is 35.3 Å². The third-order valence-electron chi connectivity index (χ3n) is 3.30. The monoisotopic (exact) mass is 373 g/mol. The molecule has 25 heavy (non-hydrogen) atoms. The summed E-state index contributed by atoms with van der Waals surface area (Å²) >= 11 is 2.28. The van der Waals surface area contributed by atoms with Gasteiger partial charge in [0.25, 0.3) is 0 Å². The van der Waals surface area contributed by atoms with Crippen LogP contribution in [-0.2, 0) is 4.79 Å². The number of amides is 1. The molecule has 0 saturated carbocycles. The molecule has 3 heterocycles. The van der Waals surface area contributed by atoms with Crippen molar-refractivity contribution in [2.45, 2.75) is 5.16 Å².